The highest BCUT2D eigenvalue weighted by molar-refractivity contribution is 5.79. The molecule has 0 saturated carbocycles. The number of amides is 1. The normalized spacial score (nSPS) is 24.2. The van der Waals surface area contributed by atoms with E-state index in [-0.39, 0.29) is 5.92 Å². The van der Waals surface area contributed by atoms with E-state index in [0.717, 1.165) is 25.8 Å². The largest absolute Gasteiger partial charge is 0.340 e. The Morgan fingerprint density at radius 3 is 2.62 bits per heavy atom. The molecular weight excluding hydrogens is 162 g/mol. The molecule has 0 aromatic carbocycles. The van der Waals surface area contributed by atoms with Crippen LogP contribution in [0, 0.1) is 5.92 Å². The molecule has 2 nitrogen and oxygen atoms in total. The van der Waals surface area contributed by atoms with E-state index < -0.39 is 0 Å². The Morgan fingerprint density at radius 1 is 1.46 bits per heavy atom. The smallest absolute Gasteiger partial charge is 0.225 e. The number of carbonyl (C=O) groups excluding carboxylic acids is 1. The Balaban J connectivity index is 2.61. The maximum absolute atomic E-state index is 11.8. The molecule has 0 radical (unpaired) electrons. The Hall–Kier alpha value is -0.530. The molecular formula is C11H21NO. The van der Waals surface area contributed by atoms with Gasteiger partial charge in [0.05, 0.1) is 0 Å². The first-order chi connectivity index (χ1) is 6.20. The van der Waals surface area contributed by atoms with Crippen molar-refractivity contribution in [1.29, 1.82) is 0 Å². The summed E-state index contributed by atoms with van der Waals surface area (Å²) in [5.41, 5.74) is 0. The third-order valence-corrected chi connectivity index (χ3v) is 3.12. The molecule has 0 aromatic heterocycles. The van der Waals surface area contributed by atoms with Gasteiger partial charge in [-0.15, -0.1) is 0 Å². The lowest BCUT2D eigenvalue weighted by atomic mass is 9.96. The van der Waals surface area contributed by atoms with E-state index in [0.29, 0.717) is 11.9 Å². The van der Waals surface area contributed by atoms with Crippen molar-refractivity contribution in [2.45, 2.75) is 52.5 Å². The van der Waals surface area contributed by atoms with Gasteiger partial charge in [0.15, 0.2) is 0 Å². The molecule has 13 heavy (non-hydrogen) atoms. The van der Waals surface area contributed by atoms with E-state index in [1.165, 1.54) is 6.42 Å². The molecule has 0 spiro atoms. The predicted octanol–water partition coefficient (Wildman–Crippen LogP) is 2.43. The maximum atomic E-state index is 11.8. The maximum Gasteiger partial charge on any atom is 0.225 e. The van der Waals surface area contributed by atoms with Gasteiger partial charge in [-0.1, -0.05) is 20.8 Å². The molecule has 1 saturated heterocycles. The minimum absolute atomic E-state index is 0.259. The molecule has 0 bridgehead atoms. The van der Waals surface area contributed by atoms with E-state index in [9.17, 15) is 4.79 Å². The Kier molecular flexibility index (Phi) is 3.76. The van der Waals surface area contributed by atoms with Crippen molar-refractivity contribution < 1.29 is 4.79 Å². The lowest BCUT2D eigenvalue weighted by Gasteiger charge is -2.36. The van der Waals surface area contributed by atoms with Crippen molar-refractivity contribution in [3.8, 4) is 0 Å². The van der Waals surface area contributed by atoms with Crippen LogP contribution in [-0.4, -0.2) is 23.4 Å². The zero-order valence-corrected chi connectivity index (χ0v) is 9.05. The summed E-state index contributed by atoms with van der Waals surface area (Å²) < 4.78 is 0. The number of carbonyl (C=O) groups is 1. The van der Waals surface area contributed by atoms with Gasteiger partial charge in [-0.05, 0) is 25.7 Å². The SMILES string of the molecule is CCC(CC)N1CCCC(C)C1=O. The number of hydrogen-bond acceptors (Lipinski definition) is 1. The highest BCUT2D eigenvalue weighted by Gasteiger charge is 2.28. The molecule has 1 amide bonds. The van der Waals surface area contributed by atoms with Gasteiger partial charge < -0.3 is 4.90 Å². The minimum Gasteiger partial charge on any atom is -0.340 e. The molecule has 1 unspecified atom stereocenters. The van der Waals surface area contributed by atoms with Gasteiger partial charge in [0.2, 0.25) is 5.91 Å². The molecule has 1 heterocycles. The van der Waals surface area contributed by atoms with Crippen LogP contribution in [0.25, 0.3) is 0 Å². The topological polar surface area (TPSA) is 20.3 Å². The van der Waals surface area contributed by atoms with Crippen molar-refractivity contribution in [1.82, 2.24) is 4.90 Å². The lowest BCUT2D eigenvalue weighted by molar-refractivity contribution is -0.140. The van der Waals surface area contributed by atoms with Crippen molar-refractivity contribution in [3.05, 3.63) is 0 Å². The van der Waals surface area contributed by atoms with Crippen LogP contribution in [0.2, 0.25) is 0 Å². The summed E-state index contributed by atoms with van der Waals surface area (Å²) in [6, 6.07) is 0.482. The molecule has 0 aliphatic carbocycles. The third kappa shape index (κ3) is 2.23. The van der Waals surface area contributed by atoms with Gasteiger partial charge in [-0.3, -0.25) is 4.79 Å². The number of piperidine rings is 1. The van der Waals surface area contributed by atoms with Crippen LogP contribution >= 0.6 is 0 Å². The van der Waals surface area contributed by atoms with Crippen molar-refractivity contribution in [3.63, 3.8) is 0 Å². The average Bonchev–Trinajstić information content (AvgIpc) is 2.14. The summed E-state index contributed by atoms with van der Waals surface area (Å²) in [5.74, 6) is 0.634. The number of rotatable bonds is 3. The van der Waals surface area contributed by atoms with Crippen LogP contribution in [0.3, 0.4) is 0 Å². The summed E-state index contributed by atoms with van der Waals surface area (Å²) >= 11 is 0. The van der Waals surface area contributed by atoms with Crippen LogP contribution in [0.4, 0.5) is 0 Å². The summed E-state index contributed by atoms with van der Waals surface area (Å²) in [5, 5.41) is 0. The second kappa shape index (κ2) is 4.64. The second-order valence-electron chi connectivity index (χ2n) is 4.05. The van der Waals surface area contributed by atoms with E-state index in [1.807, 2.05) is 0 Å². The molecule has 0 N–H and O–H groups in total. The molecule has 1 aliphatic heterocycles. The standard InChI is InChI=1S/C11H21NO/c1-4-10(5-2)12-8-6-7-9(3)11(12)13/h9-10H,4-8H2,1-3H3. The van der Waals surface area contributed by atoms with E-state index in [2.05, 4.69) is 25.7 Å². The van der Waals surface area contributed by atoms with Gasteiger partial charge in [0.25, 0.3) is 0 Å². The highest BCUT2D eigenvalue weighted by Crippen LogP contribution is 2.21. The number of hydrogen-bond donors (Lipinski definition) is 0. The molecule has 2 heteroatoms. The van der Waals surface area contributed by atoms with Crippen molar-refractivity contribution in [2.24, 2.45) is 5.92 Å². The average molecular weight is 183 g/mol. The van der Waals surface area contributed by atoms with Crippen LogP contribution in [-0.2, 0) is 4.79 Å². The molecule has 1 rings (SSSR count). The molecule has 0 aromatic rings. The second-order valence-corrected chi connectivity index (χ2v) is 4.05. The quantitative estimate of drug-likeness (QED) is 0.658. The fourth-order valence-electron chi connectivity index (χ4n) is 2.18. The van der Waals surface area contributed by atoms with Crippen LogP contribution in [0.1, 0.15) is 46.5 Å². The van der Waals surface area contributed by atoms with Crippen molar-refractivity contribution in [2.75, 3.05) is 6.54 Å². The first-order valence-corrected chi connectivity index (χ1v) is 5.51. The zero-order valence-electron chi connectivity index (χ0n) is 9.05. The van der Waals surface area contributed by atoms with E-state index >= 15 is 0 Å². The lowest BCUT2D eigenvalue weighted by Crippen LogP contribution is -2.46. The summed E-state index contributed by atoms with van der Waals surface area (Å²) in [6.07, 6.45) is 4.45. The minimum atomic E-state index is 0.259. The molecule has 1 fully saturated rings. The Bertz CT molecular complexity index is 175. The van der Waals surface area contributed by atoms with Gasteiger partial charge in [-0.2, -0.15) is 0 Å². The highest BCUT2D eigenvalue weighted by atomic mass is 16.2. The van der Waals surface area contributed by atoms with Gasteiger partial charge in [-0.25, -0.2) is 0 Å². The van der Waals surface area contributed by atoms with Crippen LogP contribution < -0.4 is 0 Å². The Labute approximate surface area is 81.3 Å². The third-order valence-electron chi connectivity index (χ3n) is 3.12. The fourth-order valence-corrected chi connectivity index (χ4v) is 2.18. The summed E-state index contributed by atoms with van der Waals surface area (Å²) in [7, 11) is 0. The van der Waals surface area contributed by atoms with E-state index in [1.54, 1.807) is 0 Å². The number of nitrogens with zero attached hydrogens (tertiary/aromatic N) is 1. The Morgan fingerprint density at radius 2 is 2.08 bits per heavy atom. The summed E-state index contributed by atoms with van der Waals surface area (Å²) in [6.45, 7) is 7.37. The van der Waals surface area contributed by atoms with Crippen molar-refractivity contribution >= 4 is 5.91 Å². The van der Waals surface area contributed by atoms with E-state index in [4.69, 9.17) is 0 Å². The predicted molar refractivity (Wildman–Crippen MR) is 54.5 cm³/mol. The molecule has 76 valence electrons. The first kappa shape index (κ1) is 10.6. The number of likely N-dealkylation sites (tertiary alicyclic amines) is 1. The zero-order chi connectivity index (χ0) is 9.84. The van der Waals surface area contributed by atoms with Crippen LogP contribution in [0.5, 0.6) is 0 Å². The van der Waals surface area contributed by atoms with Gasteiger partial charge in [0, 0.05) is 18.5 Å². The summed E-state index contributed by atoms with van der Waals surface area (Å²) in [4.78, 5) is 13.9. The van der Waals surface area contributed by atoms with Gasteiger partial charge in [0.1, 0.15) is 0 Å². The van der Waals surface area contributed by atoms with Gasteiger partial charge >= 0.3 is 0 Å². The molecule has 1 aliphatic rings. The first-order valence-electron chi connectivity index (χ1n) is 5.51. The monoisotopic (exact) mass is 183 g/mol. The van der Waals surface area contributed by atoms with Crippen LogP contribution in [0.15, 0.2) is 0 Å². The fraction of sp³-hybridized carbons (Fsp3) is 0.909. The molecule has 1 atom stereocenters.